The van der Waals surface area contributed by atoms with Crippen LogP contribution in [0.4, 0.5) is 0 Å². The van der Waals surface area contributed by atoms with E-state index in [1.54, 1.807) is 6.21 Å². The van der Waals surface area contributed by atoms with Crippen molar-refractivity contribution in [3.8, 4) is 0 Å². The number of fused-ring (bicyclic) bond motifs is 2. The number of benzene rings is 1. The average molecular weight is 322 g/mol. The predicted octanol–water partition coefficient (Wildman–Crippen LogP) is 0.484. The summed E-state index contributed by atoms with van der Waals surface area (Å²) in [5.41, 5.74) is 8.90. The zero-order valence-electron chi connectivity index (χ0n) is 13.1. The molecule has 1 aliphatic carbocycles. The molecular formula is C17H18N6O. The Balaban J connectivity index is 1.59. The smallest absolute Gasteiger partial charge is 0.253 e. The molecule has 3 N–H and O–H groups in total. The highest BCUT2D eigenvalue weighted by Crippen LogP contribution is 2.29. The van der Waals surface area contributed by atoms with Gasteiger partial charge < -0.3 is 5.73 Å². The number of nitrogens with zero attached hydrogens (tertiary/aromatic N) is 4. The van der Waals surface area contributed by atoms with Crippen LogP contribution in [0.1, 0.15) is 17.5 Å². The molecule has 0 fully saturated rings. The van der Waals surface area contributed by atoms with Crippen LogP contribution in [0.15, 0.2) is 44.2 Å². The monoisotopic (exact) mass is 322 g/mol. The molecule has 4 rings (SSSR count). The summed E-state index contributed by atoms with van der Waals surface area (Å²) in [5.74, 6) is -1.37. The Morgan fingerprint density at radius 3 is 2.88 bits per heavy atom. The Kier molecular flexibility index (Phi) is 3.57. The lowest BCUT2D eigenvalue weighted by Gasteiger charge is -2.35. The molecule has 0 spiro atoms. The number of hydrogen-bond donors (Lipinski definition) is 2. The molecule has 7 heteroatoms. The van der Waals surface area contributed by atoms with Gasteiger partial charge in [0.05, 0.1) is 12.3 Å². The van der Waals surface area contributed by atoms with Crippen LogP contribution in [0.3, 0.4) is 0 Å². The second-order valence-electron chi connectivity index (χ2n) is 6.25. The number of carbonyl (C=O) groups is 1. The standard InChI is InChI=1S/C17H18N6O/c18-16(24)15(13-6-5-11-3-1-2-4-12(11)7-13)23-17-14(20-10-22-17)8-19-9-21-17/h1-4,8-10,13,15,23H,5-7H2,(H2,18,24). The van der Waals surface area contributed by atoms with Gasteiger partial charge >= 0.3 is 0 Å². The van der Waals surface area contributed by atoms with Gasteiger partial charge in [0.15, 0.2) is 0 Å². The Bertz CT molecular complexity index is 796. The van der Waals surface area contributed by atoms with Crippen LogP contribution in [0.25, 0.3) is 0 Å². The van der Waals surface area contributed by atoms with E-state index in [0.29, 0.717) is 5.71 Å². The third-order valence-corrected chi connectivity index (χ3v) is 4.83. The SMILES string of the molecule is NC(=O)C(NC12N=CN=CC1=NC=N2)C1CCc2ccccc2C1. The molecule has 122 valence electrons. The molecule has 0 aromatic heterocycles. The van der Waals surface area contributed by atoms with E-state index >= 15 is 0 Å². The first-order valence-electron chi connectivity index (χ1n) is 8.00. The largest absolute Gasteiger partial charge is 0.368 e. The Morgan fingerprint density at radius 2 is 2.04 bits per heavy atom. The van der Waals surface area contributed by atoms with Crippen molar-refractivity contribution < 1.29 is 4.79 Å². The molecule has 3 unspecified atom stereocenters. The van der Waals surface area contributed by atoms with Gasteiger partial charge in [0.2, 0.25) is 5.91 Å². The minimum Gasteiger partial charge on any atom is -0.368 e. The van der Waals surface area contributed by atoms with Gasteiger partial charge in [-0.05, 0) is 36.3 Å². The molecule has 1 aromatic rings. The second-order valence-corrected chi connectivity index (χ2v) is 6.25. The molecule has 3 atom stereocenters. The van der Waals surface area contributed by atoms with Crippen molar-refractivity contribution >= 4 is 30.5 Å². The van der Waals surface area contributed by atoms with E-state index in [1.165, 1.54) is 23.8 Å². The molecule has 0 bridgehead atoms. The summed E-state index contributed by atoms with van der Waals surface area (Å²) in [4.78, 5) is 28.9. The molecular weight excluding hydrogens is 304 g/mol. The maximum Gasteiger partial charge on any atom is 0.253 e. The number of aliphatic imine (C=N–C) groups is 4. The zero-order chi connectivity index (χ0) is 16.6. The average Bonchev–Trinajstić information content (AvgIpc) is 3.03. The van der Waals surface area contributed by atoms with Gasteiger partial charge in [0, 0.05) is 0 Å². The van der Waals surface area contributed by atoms with Crippen LogP contribution in [0.2, 0.25) is 0 Å². The molecule has 3 aliphatic rings. The van der Waals surface area contributed by atoms with Gasteiger partial charge in [0.25, 0.3) is 5.79 Å². The van der Waals surface area contributed by atoms with Gasteiger partial charge in [-0.3, -0.25) is 10.1 Å². The van der Waals surface area contributed by atoms with Crippen molar-refractivity contribution in [1.82, 2.24) is 5.32 Å². The Morgan fingerprint density at radius 1 is 1.25 bits per heavy atom. The summed E-state index contributed by atoms with van der Waals surface area (Å²) in [6, 6.07) is 7.80. The Hall–Kier alpha value is -2.67. The van der Waals surface area contributed by atoms with Gasteiger partial charge in [0.1, 0.15) is 18.4 Å². The van der Waals surface area contributed by atoms with Crippen LogP contribution in [0.5, 0.6) is 0 Å². The van der Waals surface area contributed by atoms with E-state index in [4.69, 9.17) is 5.73 Å². The van der Waals surface area contributed by atoms with E-state index in [-0.39, 0.29) is 5.92 Å². The van der Waals surface area contributed by atoms with Crippen LogP contribution >= 0.6 is 0 Å². The molecule has 1 aromatic carbocycles. The molecule has 2 aliphatic heterocycles. The lowest BCUT2D eigenvalue weighted by molar-refractivity contribution is -0.121. The van der Waals surface area contributed by atoms with Gasteiger partial charge in [-0.2, -0.15) is 0 Å². The van der Waals surface area contributed by atoms with Crippen LogP contribution in [-0.2, 0) is 17.6 Å². The van der Waals surface area contributed by atoms with Crippen molar-refractivity contribution in [2.24, 2.45) is 31.6 Å². The van der Waals surface area contributed by atoms with Crippen LogP contribution in [0, 0.1) is 5.92 Å². The lowest BCUT2D eigenvalue weighted by atomic mass is 9.79. The number of rotatable bonds is 4. The summed E-state index contributed by atoms with van der Waals surface area (Å²) in [7, 11) is 0. The fourth-order valence-corrected chi connectivity index (χ4v) is 3.57. The quantitative estimate of drug-likeness (QED) is 0.842. The molecule has 24 heavy (non-hydrogen) atoms. The number of hydrogen-bond acceptors (Lipinski definition) is 6. The third kappa shape index (κ3) is 2.46. The Labute approximate surface area is 139 Å². The number of nitrogens with one attached hydrogen (secondary N) is 1. The molecule has 0 saturated carbocycles. The molecule has 0 radical (unpaired) electrons. The maximum atomic E-state index is 12.2. The molecule has 7 nitrogen and oxygen atoms in total. The fourth-order valence-electron chi connectivity index (χ4n) is 3.57. The van der Waals surface area contributed by atoms with E-state index in [0.717, 1.165) is 19.3 Å². The maximum absolute atomic E-state index is 12.2. The lowest BCUT2D eigenvalue weighted by Crippen LogP contribution is -2.60. The van der Waals surface area contributed by atoms with Gasteiger partial charge in [-0.25, -0.2) is 20.0 Å². The highest BCUT2D eigenvalue weighted by atomic mass is 16.1. The molecule has 1 amide bonds. The minimum atomic E-state index is -1.07. The summed E-state index contributed by atoms with van der Waals surface area (Å²) in [6.07, 6.45) is 7.09. The minimum absolute atomic E-state index is 0.0953. The highest BCUT2D eigenvalue weighted by Gasteiger charge is 2.43. The van der Waals surface area contributed by atoms with Crippen molar-refractivity contribution in [2.45, 2.75) is 31.1 Å². The predicted molar refractivity (Wildman–Crippen MR) is 93.7 cm³/mol. The van der Waals surface area contributed by atoms with E-state index in [1.807, 2.05) is 12.1 Å². The first-order valence-corrected chi connectivity index (χ1v) is 8.00. The summed E-state index contributed by atoms with van der Waals surface area (Å²) < 4.78 is 0. The second kappa shape index (κ2) is 5.76. The van der Waals surface area contributed by atoms with Crippen molar-refractivity contribution in [2.75, 3.05) is 0 Å². The van der Waals surface area contributed by atoms with Gasteiger partial charge in [-0.1, -0.05) is 24.3 Å². The van der Waals surface area contributed by atoms with E-state index < -0.39 is 17.7 Å². The van der Waals surface area contributed by atoms with Crippen molar-refractivity contribution in [3.05, 3.63) is 35.4 Å². The first kappa shape index (κ1) is 14.9. The highest BCUT2D eigenvalue weighted by molar-refractivity contribution is 6.39. The van der Waals surface area contributed by atoms with Gasteiger partial charge in [-0.15, -0.1) is 0 Å². The van der Waals surface area contributed by atoms with E-state index in [2.05, 4.69) is 37.4 Å². The number of primary amides is 1. The number of aryl methyl sites for hydroxylation is 1. The number of amides is 1. The number of nitrogens with two attached hydrogens (primary N) is 1. The van der Waals surface area contributed by atoms with Crippen LogP contribution < -0.4 is 11.1 Å². The zero-order valence-corrected chi connectivity index (χ0v) is 13.1. The fraction of sp³-hybridized carbons (Fsp3) is 0.353. The molecule has 2 heterocycles. The topological polar surface area (TPSA) is 105 Å². The normalized spacial score (nSPS) is 28.2. The first-order chi connectivity index (χ1) is 11.7. The summed E-state index contributed by atoms with van der Waals surface area (Å²) in [5, 5.41) is 3.24. The molecule has 0 saturated heterocycles. The van der Waals surface area contributed by atoms with Crippen LogP contribution in [-0.4, -0.2) is 42.3 Å². The van der Waals surface area contributed by atoms with E-state index in [9.17, 15) is 4.79 Å². The summed E-state index contributed by atoms with van der Waals surface area (Å²) in [6.45, 7) is 0. The van der Waals surface area contributed by atoms with Crippen molar-refractivity contribution in [1.29, 1.82) is 0 Å². The summed E-state index contributed by atoms with van der Waals surface area (Å²) >= 11 is 0. The number of carbonyl (C=O) groups excluding carboxylic acids is 1. The third-order valence-electron chi connectivity index (χ3n) is 4.83. The van der Waals surface area contributed by atoms with Crippen molar-refractivity contribution in [3.63, 3.8) is 0 Å².